The lowest BCUT2D eigenvalue weighted by Crippen LogP contribution is -2.38. The number of thiophene rings is 1. The van der Waals surface area contributed by atoms with E-state index < -0.39 is 11.6 Å². The number of nitrogens with zero attached hydrogens (tertiary/aromatic N) is 4. The minimum absolute atomic E-state index is 0.0508. The summed E-state index contributed by atoms with van der Waals surface area (Å²) in [6, 6.07) is 5.40. The van der Waals surface area contributed by atoms with E-state index in [9.17, 15) is 8.78 Å². The molecule has 2 aliphatic rings. The Bertz CT molecular complexity index is 1060. The number of fused-ring (bicyclic) bond motifs is 1. The second kappa shape index (κ2) is 8.86. The minimum atomic E-state index is -0.758. The molecule has 0 spiro atoms. The predicted octanol–water partition coefficient (Wildman–Crippen LogP) is 4.00. The number of benzene rings is 1. The molecule has 1 aromatic carbocycles. The first-order valence-electron chi connectivity index (χ1n) is 10.2. The van der Waals surface area contributed by atoms with E-state index in [2.05, 4.69) is 31.6 Å². The average molecular weight is 445 g/mol. The zero-order chi connectivity index (χ0) is 21.2. The Balaban J connectivity index is 1.48. The summed E-state index contributed by atoms with van der Waals surface area (Å²) in [6.45, 7) is 4.88. The molecule has 0 radical (unpaired) electrons. The van der Waals surface area contributed by atoms with Crippen LogP contribution in [0.5, 0.6) is 11.6 Å². The molecule has 0 atom stereocenters. The maximum absolute atomic E-state index is 14.3. The topological polar surface area (TPSA) is 50.7 Å². The molecule has 162 valence electrons. The zero-order valence-electron chi connectivity index (χ0n) is 16.9. The third-order valence-electron chi connectivity index (χ3n) is 5.47. The van der Waals surface area contributed by atoms with Crippen molar-refractivity contribution in [2.24, 2.45) is 0 Å². The molecule has 0 unspecified atom stereocenters. The summed E-state index contributed by atoms with van der Waals surface area (Å²) in [5.74, 6) is -0.570. The molecule has 3 aromatic rings. The van der Waals surface area contributed by atoms with E-state index in [4.69, 9.17) is 14.5 Å². The molecule has 2 aliphatic heterocycles. The number of ether oxygens (including phenoxy) is 2. The lowest BCUT2D eigenvalue weighted by molar-refractivity contribution is 0.122. The Labute approximate surface area is 183 Å². The summed E-state index contributed by atoms with van der Waals surface area (Å²) in [7, 11) is 0. The third-order valence-corrected chi connectivity index (χ3v) is 6.20. The fourth-order valence-corrected chi connectivity index (χ4v) is 4.51. The van der Waals surface area contributed by atoms with Gasteiger partial charge in [-0.15, -0.1) is 0 Å². The predicted molar refractivity (Wildman–Crippen MR) is 114 cm³/mol. The number of halogens is 2. The van der Waals surface area contributed by atoms with Crippen LogP contribution in [-0.2, 0) is 24.2 Å². The van der Waals surface area contributed by atoms with E-state index in [1.165, 1.54) is 17.7 Å². The Kier molecular flexibility index (Phi) is 5.80. The van der Waals surface area contributed by atoms with E-state index in [0.29, 0.717) is 44.7 Å². The second-order valence-electron chi connectivity index (χ2n) is 7.62. The maximum Gasteiger partial charge on any atom is 0.229 e. The maximum atomic E-state index is 14.3. The molecule has 0 bridgehead atoms. The summed E-state index contributed by atoms with van der Waals surface area (Å²) in [4.78, 5) is 13.8. The number of morpholine rings is 1. The highest BCUT2D eigenvalue weighted by Crippen LogP contribution is 2.33. The van der Waals surface area contributed by atoms with Gasteiger partial charge in [0.05, 0.1) is 24.5 Å². The summed E-state index contributed by atoms with van der Waals surface area (Å²) < 4.78 is 39.0. The molecule has 0 aliphatic carbocycles. The van der Waals surface area contributed by atoms with Crippen molar-refractivity contribution in [3.05, 3.63) is 63.5 Å². The zero-order valence-corrected chi connectivity index (χ0v) is 17.7. The van der Waals surface area contributed by atoms with Crippen molar-refractivity contribution in [1.82, 2.24) is 14.9 Å². The van der Waals surface area contributed by atoms with Gasteiger partial charge in [-0.3, -0.25) is 4.90 Å². The molecular formula is C22H22F2N4O2S. The van der Waals surface area contributed by atoms with E-state index in [-0.39, 0.29) is 5.75 Å². The first kappa shape index (κ1) is 20.3. The van der Waals surface area contributed by atoms with Crippen LogP contribution in [0.25, 0.3) is 0 Å². The van der Waals surface area contributed by atoms with Gasteiger partial charge in [-0.1, -0.05) is 0 Å². The largest absolute Gasteiger partial charge is 0.435 e. The van der Waals surface area contributed by atoms with Gasteiger partial charge in [0.25, 0.3) is 0 Å². The summed E-state index contributed by atoms with van der Waals surface area (Å²) in [6.07, 6.45) is 0.752. The lowest BCUT2D eigenvalue weighted by atomic mass is 10.1. The Morgan fingerprint density at radius 1 is 1.10 bits per heavy atom. The standard InChI is InChI=1S/C22H22F2N4O2S/c23-16-1-2-20(18(24)11-16)30-21-17-13-27(12-15-4-10-31-14-15)5-3-19(17)25-22(26-21)28-6-8-29-9-7-28/h1-2,4,10-11,14H,3,5-9,12-13H2. The second-order valence-corrected chi connectivity index (χ2v) is 8.40. The summed E-state index contributed by atoms with van der Waals surface area (Å²) in [5.41, 5.74) is 3.02. The van der Waals surface area contributed by atoms with Crippen LogP contribution in [0, 0.1) is 11.6 Å². The number of hydrogen-bond donors (Lipinski definition) is 0. The van der Waals surface area contributed by atoms with E-state index in [1.807, 2.05) is 0 Å². The van der Waals surface area contributed by atoms with Crippen LogP contribution < -0.4 is 9.64 Å². The first-order valence-corrected chi connectivity index (χ1v) is 11.2. The molecule has 1 fully saturated rings. The van der Waals surface area contributed by atoms with Gasteiger partial charge < -0.3 is 14.4 Å². The van der Waals surface area contributed by atoms with Gasteiger partial charge >= 0.3 is 0 Å². The Morgan fingerprint density at radius 2 is 1.97 bits per heavy atom. The number of aromatic nitrogens is 2. The fraction of sp³-hybridized carbons (Fsp3) is 0.364. The van der Waals surface area contributed by atoms with Crippen LogP contribution in [0.1, 0.15) is 16.8 Å². The van der Waals surface area contributed by atoms with Gasteiger partial charge in [-0.25, -0.2) is 13.8 Å². The Morgan fingerprint density at radius 3 is 2.74 bits per heavy atom. The van der Waals surface area contributed by atoms with Crippen molar-refractivity contribution in [3.8, 4) is 11.6 Å². The molecule has 5 rings (SSSR count). The molecule has 2 aromatic heterocycles. The number of anilines is 1. The van der Waals surface area contributed by atoms with Crippen molar-refractivity contribution < 1.29 is 18.3 Å². The van der Waals surface area contributed by atoms with Crippen LogP contribution in [0.2, 0.25) is 0 Å². The van der Waals surface area contributed by atoms with Crippen molar-refractivity contribution in [3.63, 3.8) is 0 Å². The molecule has 0 N–H and O–H groups in total. The summed E-state index contributed by atoms with van der Waals surface area (Å²) >= 11 is 1.68. The molecule has 6 nitrogen and oxygen atoms in total. The van der Waals surface area contributed by atoms with E-state index in [1.54, 1.807) is 11.3 Å². The van der Waals surface area contributed by atoms with Crippen molar-refractivity contribution in [2.45, 2.75) is 19.5 Å². The van der Waals surface area contributed by atoms with Crippen LogP contribution in [0.3, 0.4) is 0 Å². The van der Waals surface area contributed by atoms with Crippen LogP contribution in [0.15, 0.2) is 35.0 Å². The fourth-order valence-electron chi connectivity index (χ4n) is 3.85. The van der Waals surface area contributed by atoms with Gasteiger partial charge in [0.2, 0.25) is 11.8 Å². The third kappa shape index (κ3) is 4.53. The number of rotatable bonds is 5. The Hall–Kier alpha value is -2.62. The minimum Gasteiger partial charge on any atom is -0.435 e. The first-order chi connectivity index (χ1) is 15.2. The van der Waals surface area contributed by atoms with Gasteiger partial charge in [0.15, 0.2) is 11.6 Å². The van der Waals surface area contributed by atoms with Crippen molar-refractivity contribution >= 4 is 17.3 Å². The normalized spacial score (nSPS) is 16.9. The van der Waals surface area contributed by atoms with E-state index in [0.717, 1.165) is 36.8 Å². The molecule has 4 heterocycles. The van der Waals surface area contributed by atoms with Gasteiger partial charge in [0, 0.05) is 45.2 Å². The quantitative estimate of drug-likeness (QED) is 0.593. The van der Waals surface area contributed by atoms with Crippen LogP contribution >= 0.6 is 11.3 Å². The molecule has 0 saturated carbocycles. The molecule has 0 amide bonds. The molecule has 1 saturated heterocycles. The summed E-state index contributed by atoms with van der Waals surface area (Å²) in [5, 5.41) is 4.20. The van der Waals surface area contributed by atoms with Gasteiger partial charge in [-0.2, -0.15) is 16.3 Å². The molecule has 31 heavy (non-hydrogen) atoms. The van der Waals surface area contributed by atoms with Gasteiger partial charge in [0.1, 0.15) is 5.82 Å². The lowest BCUT2D eigenvalue weighted by Gasteiger charge is -2.31. The van der Waals surface area contributed by atoms with Crippen molar-refractivity contribution in [2.75, 3.05) is 37.7 Å². The smallest absolute Gasteiger partial charge is 0.229 e. The number of hydrogen-bond acceptors (Lipinski definition) is 7. The highest BCUT2D eigenvalue weighted by Gasteiger charge is 2.26. The molecular weight excluding hydrogens is 422 g/mol. The van der Waals surface area contributed by atoms with Crippen LogP contribution in [0.4, 0.5) is 14.7 Å². The van der Waals surface area contributed by atoms with Crippen molar-refractivity contribution in [1.29, 1.82) is 0 Å². The van der Waals surface area contributed by atoms with E-state index >= 15 is 0 Å². The highest BCUT2D eigenvalue weighted by atomic mass is 32.1. The van der Waals surface area contributed by atoms with Gasteiger partial charge in [-0.05, 0) is 34.5 Å². The SMILES string of the molecule is Fc1ccc(Oc2nc(N3CCOCC3)nc3c2CN(Cc2ccsc2)CC3)c(F)c1. The monoisotopic (exact) mass is 444 g/mol. The highest BCUT2D eigenvalue weighted by molar-refractivity contribution is 7.07. The van der Waals surface area contributed by atoms with Crippen LogP contribution in [-0.4, -0.2) is 47.7 Å². The average Bonchev–Trinajstić information content (AvgIpc) is 3.29. The molecule has 9 heteroatoms.